The Kier molecular flexibility index (Phi) is 6.55. The van der Waals surface area contributed by atoms with Gasteiger partial charge in [0.2, 0.25) is 0 Å². The number of imide groups is 1. The van der Waals surface area contributed by atoms with Gasteiger partial charge in [0, 0.05) is 6.04 Å². The highest BCUT2D eigenvalue weighted by atomic mass is 16.5. The van der Waals surface area contributed by atoms with Crippen molar-refractivity contribution < 1.29 is 23.9 Å². The number of esters is 1. The summed E-state index contributed by atoms with van der Waals surface area (Å²) in [5.74, 6) is -1.57. The third kappa shape index (κ3) is 4.47. The van der Waals surface area contributed by atoms with Crippen molar-refractivity contribution in [3.05, 3.63) is 64.2 Å². The summed E-state index contributed by atoms with van der Waals surface area (Å²) in [6.45, 7) is 7.37. The zero-order valence-corrected chi connectivity index (χ0v) is 20.0. The minimum Gasteiger partial charge on any atom is -0.449 e. The van der Waals surface area contributed by atoms with Crippen LogP contribution in [0, 0.1) is 19.8 Å². The first-order valence-electron chi connectivity index (χ1n) is 11.8. The molecule has 3 amide bonds. The van der Waals surface area contributed by atoms with Gasteiger partial charge in [0.1, 0.15) is 0 Å². The van der Waals surface area contributed by atoms with Gasteiger partial charge in [0.05, 0.1) is 22.4 Å². The highest BCUT2D eigenvalue weighted by Crippen LogP contribution is 2.32. The minimum absolute atomic E-state index is 0.0853. The van der Waals surface area contributed by atoms with Crippen molar-refractivity contribution in [2.45, 2.75) is 65.5 Å². The molecule has 3 unspecified atom stereocenters. The Bertz CT molecular complexity index is 1170. The smallest absolute Gasteiger partial charge is 0.338 e. The number of anilines is 1. The SMILES string of the molecule is Cc1ccc(C)c(N2C(=O)c3ccc(C(=O)OC(C)C(=O)NC4CCCCC4C)cc3C2=O)c1. The van der Waals surface area contributed by atoms with Gasteiger partial charge in [-0.15, -0.1) is 0 Å². The Labute approximate surface area is 199 Å². The van der Waals surface area contributed by atoms with E-state index >= 15 is 0 Å². The van der Waals surface area contributed by atoms with E-state index in [2.05, 4.69) is 12.2 Å². The van der Waals surface area contributed by atoms with E-state index < -0.39 is 23.9 Å². The molecule has 7 heteroatoms. The second kappa shape index (κ2) is 9.41. The van der Waals surface area contributed by atoms with Crippen molar-refractivity contribution in [1.29, 1.82) is 0 Å². The summed E-state index contributed by atoms with van der Waals surface area (Å²) >= 11 is 0. The fourth-order valence-corrected chi connectivity index (χ4v) is 4.66. The molecule has 0 radical (unpaired) electrons. The van der Waals surface area contributed by atoms with Gasteiger partial charge in [-0.05, 0) is 74.9 Å². The first-order valence-corrected chi connectivity index (χ1v) is 11.8. The lowest BCUT2D eigenvalue weighted by molar-refractivity contribution is -0.130. The van der Waals surface area contributed by atoms with Crippen LogP contribution in [0.15, 0.2) is 36.4 Å². The summed E-state index contributed by atoms with van der Waals surface area (Å²) in [4.78, 5) is 52.5. The van der Waals surface area contributed by atoms with Crippen LogP contribution in [0.2, 0.25) is 0 Å². The number of hydrogen-bond acceptors (Lipinski definition) is 5. The largest absolute Gasteiger partial charge is 0.449 e. The van der Waals surface area contributed by atoms with Crippen molar-refractivity contribution in [3.8, 4) is 0 Å². The fraction of sp³-hybridized carbons (Fsp3) is 0.407. The monoisotopic (exact) mass is 462 g/mol. The van der Waals surface area contributed by atoms with Crippen molar-refractivity contribution >= 4 is 29.4 Å². The molecule has 0 saturated heterocycles. The van der Waals surface area contributed by atoms with Crippen LogP contribution in [0.4, 0.5) is 5.69 Å². The number of nitrogens with zero attached hydrogens (tertiary/aromatic N) is 1. The summed E-state index contributed by atoms with van der Waals surface area (Å²) in [5, 5.41) is 2.99. The fourth-order valence-electron chi connectivity index (χ4n) is 4.66. The van der Waals surface area contributed by atoms with E-state index in [0.29, 0.717) is 11.6 Å². The van der Waals surface area contributed by atoms with Crippen LogP contribution in [0.5, 0.6) is 0 Å². The number of rotatable bonds is 5. The van der Waals surface area contributed by atoms with Crippen LogP contribution in [0.1, 0.15) is 81.7 Å². The van der Waals surface area contributed by atoms with Gasteiger partial charge in [-0.3, -0.25) is 14.4 Å². The lowest BCUT2D eigenvalue weighted by Crippen LogP contribution is -2.46. The molecule has 34 heavy (non-hydrogen) atoms. The summed E-state index contributed by atoms with van der Waals surface area (Å²) < 4.78 is 5.38. The van der Waals surface area contributed by atoms with E-state index in [4.69, 9.17) is 4.74 Å². The molecule has 7 nitrogen and oxygen atoms in total. The van der Waals surface area contributed by atoms with E-state index in [0.717, 1.165) is 35.3 Å². The Hall–Kier alpha value is -3.48. The number of amides is 3. The molecule has 2 aliphatic rings. The third-order valence-electron chi connectivity index (χ3n) is 6.82. The summed E-state index contributed by atoms with van der Waals surface area (Å²) in [5.41, 5.74) is 2.75. The average Bonchev–Trinajstić information content (AvgIpc) is 3.06. The lowest BCUT2D eigenvalue weighted by atomic mass is 9.86. The molecule has 2 aromatic rings. The van der Waals surface area contributed by atoms with Crippen molar-refractivity contribution in [2.24, 2.45) is 5.92 Å². The maximum Gasteiger partial charge on any atom is 0.338 e. The molecular weight excluding hydrogens is 432 g/mol. The van der Waals surface area contributed by atoms with Gasteiger partial charge in [0.25, 0.3) is 17.7 Å². The van der Waals surface area contributed by atoms with Gasteiger partial charge in [-0.25, -0.2) is 9.69 Å². The maximum atomic E-state index is 13.1. The second-order valence-corrected chi connectivity index (χ2v) is 9.42. The maximum absolute atomic E-state index is 13.1. The van der Waals surface area contributed by atoms with E-state index in [1.807, 2.05) is 26.0 Å². The molecule has 1 heterocycles. The van der Waals surface area contributed by atoms with Crippen LogP contribution in [0.3, 0.4) is 0 Å². The number of carbonyl (C=O) groups is 4. The van der Waals surface area contributed by atoms with Gasteiger partial charge >= 0.3 is 5.97 Å². The third-order valence-corrected chi connectivity index (χ3v) is 6.82. The molecule has 4 rings (SSSR count). The average molecular weight is 463 g/mol. The Morgan fingerprint density at radius 3 is 2.44 bits per heavy atom. The predicted molar refractivity (Wildman–Crippen MR) is 128 cm³/mol. The van der Waals surface area contributed by atoms with E-state index in [1.54, 1.807) is 6.07 Å². The molecule has 1 saturated carbocycles. The highest BCUT2D eigenvalue weighted by Gasteiger charge is 2.38. The Morgan fingerprint density at radius 2 is 1.71 bits per heavy atom. The summed E-state index contributed by atoms with van der Waals surface area (Å²) in [7, 11) is 0. The first kappa shape index (κ1) is 23.7. The Morgan fingerprint density at radius 1 is 1.00 bits per heavy atom. The number of aryl methyl sites for hydroxylation is 2. The quantitative estimate of drug-likeness (QED) is 0.527. The zero-order valence-electron chi connectivity index (χ0n) is 20.0. The molecule has 1 N–H and O–H groups in total. The summed E-state index contributed by atoms with van der Waals surface area (Å²) in [6, 6.07) is 9.94. The molecule has 1 aliphatic heterocycles. The predicted octanol–water partition coefficient (Wildman–Crippen LogP) is 4.34. The molecule has 0 bridgehead atoms. The first-order chi connectivity index (χ1) is 16.2. The topological polar surface area (TPSA) is 92.8 Å². The number of ether oxygens (including phenoxy) is 1. The molecule has 178 valence electrons. The number of benzene rings is 2. The van der Waals surface area contributed by atoms with E-state index in [9.17, 15) is 19.2 Å². The lowest BCUT2D eigenvalue weighted by Gasteiger charge is -2.30. The van der Waals surface area contributed by atoms with Gasteiger partial charge < -0.3 is 10.1 Å². The summed E-state index contributed by atoms with van der Waals surface area (Å²) in [6.07, 6.45) is 3.26. The highest BCUT2D eigenvalue weighted by molar-refractivity contribution is 6.35. The molecule has 0 aromatic heterocycles. The molecular formula is C27H30N2O5. The van der Waals surface area contributed by atoms with Gasteiger partial charge in [-0.1, -0.05) is 31.9 Å². The van der Waals surface area contributed by atoms with Gasteiger partial charge in [0.15, 0.2) is 6.10 Å². The number of carbonyl (C=O) groups excluding carboxylic acids is 4. The zero-order chi connectivity index (χ0) is 24.6. The van der Waals surface area contributed by atoms with E-state index in [1.165, 1.54) is 31.5 Å². The standard InChI is InChI=1S/C27H30N2O5/c1-15-9-10-17(3)23(13-15)29-25(31)20-12-11-19(14-21(20)26(29)32)27(33)34-18(4)24(30)28-22-8-6-5-7-16(22)2/h9-14,16,18,22H,5-8H2,1-4H3,(H,28,30). The van der Waals surface area contributed by atoms with Crippen LogP contribution in [0.25, 0.3) is 0 Å². The van der Waals surface area contributed by atoms with E-state index in [-0.39, 0.29) is 28.6 Å². The van der Waals surface area contributed by atoms with Crippen molar-refractivity contribution in [3.63, 3.8) is 0 Å². The van der Waals surface area contributed by atoms with Crippen LogP contribution >= 0.6 is 0 Å². The Balaban J connectivity index is 1.48. The second-order valence-electron chi connectivity index (χ2n) is 9.42. The minimum atomic E-state index is -0.973. The number of nitrogens with one attached hydrogen (secondary N) is 1. The molecule has 0 spiro atoms. The van der Waals surface area contributed by atoms with Crippen molar-refractivity contribution in [2.75, 3.05) is 4.90 Å². The van der Waals surface area contributed by atoms with Crippen LogP contribution in [-0.4, -0.2) is 35.8 Å². The molecule has 3 atom stereocenters. The molecule has 2 aromatic carbocycles. The van der Waals surface area contributed by atoms with Crippen molar-refractivity contribution in [1.82, 2.24) is 5.32 Å². The van der Waals surface area contributed by atoms with Crippen LogP contribution in [-0.2, 0) is 9.53 Å². The molecule has 1 fully saturated rings. The normalized spacial score (nSPS) is 20.6. The molecule has 1 aliphatic carbocycles. The van der Waals surface area contributed by atoms with Gasteiger partial charge in [-0.2, -0.15) is 0 Å². The number of hydrogen-bond donors (Lipinski definition) is 1. The number of fused-ring (bicyclic) bond motifs is 1. The van der Waals surface area contributed by atoms with Crippen LogP contribution < -0.4 is 10.2 Å².